The molecule has 0 atom stereocenters. The Hall–Kier alpha value is -6.79. The number of aromatic nitrogens is 5. The van der Waals surface area contributed by atoms with Crippen molar-refractivity contribution in [2.24, 2.45) is 0 Å². The lowest BCUT2D eigenvalue weighted by Crippen LogP contribution is -2.17. The van der Waals surface area contributed by atoms with Crippen molar-refractivity contribution < 1.29 is 4.42 Å². The van der Waals surface area contributed by atoms with Gasteiger partial charge in [0.25, 0.3) is 0 Å². The predicted molar refractivity (Wildman–Crippen MR) is 207 cm³/mol. The maximum atomic E-state index is 6.47. The van der Waals surface area contributed by atoms with Crippen molar-refractivity contribution in [2.45, 2.75) is 19.3 Å². The Kier molecular flexibility index (Phi) is 6.73. The van der Waals surface area contributed by atoms with Crippen LogP contribution in [0.4, 0.5) is 0 Å². The lowest BCUT2D eigenvalue weighted by molar-refractivity contribution is 0.636. The number of nitrogens with zero attached hydrogens (tertiary/aromatic N) is 5. The molecule has 6 aromatic carbocycles. The smallest absolute Gasteiger partial charge is 0.164 e. The number of benzene rings is 6. The van der Waals surface area contributed by atoms with Crippen LogP contribution in [0.5, 0.6) is 0 Å². The van der Waals surface area contributed by atoms with Gasteiger partial charge in [0.1, 0.15) is 11.2 Å². The molecule has 0 aliphatic heterocycles. The lowest BCUT2D eigenvalue weighted by atomic mass is 9.85. The Labute approximate surface area is 300 Å². The molecule has 10 rings (SSSR count). The molecule has 0 spiro atoms. The van der Waals surface area contributed by atoms with Gasteiger partial charge in [-0.05, 0) is 35.4 Å². The highest BCUT2D eigenvalue weighted by atomic mass is 16.3. The zero-order valence-corrected chi connectivity index (χ0v) is 28.6. The predicted octanol–water partition coefficient (Wildman–Crippen LogP) is 11.2. The Morgan fingerprint density at radius 2 is 1.02 bits per heavy atom. The average Bonchev–Trinajstić information content (AvgIpc) is 3.70. The summed E-state index contributed by atoms with van der Waals surface area (Å²) >= 11 is 0. The van der Waals surface area contributed by atoms with Crippen LogP contribution >= 0.6 is 0 Å². The first-order valence-electron chi connectivity index (χ1n) is 17.4. The molecule has 0 radical (unpaired) electrons. The molecule has 3 heterocycles. The van der Waals surface area contributed by atoms with Gasteiger partial charge in [-0.15, -0.1) is 0 Å². The second-order valence-electron chi connectivity index (χ2n) is 13.7. The summed E-state index contributed by atoms with van der Waals surface area (Å²) in [5, 5.41) is 1.87. The summed E-state index contributed by atoms with van der Waals surface area (Å²) in [5.74, 6) is 2.47. The van der Waals surface area contributed by atoms with E-state index in [0.29, 0.717) is 23.3 Å². The van der Waals surface area contributed by atoms with Crippen molar-refractivity contribution >= 4 is 21.9 Å². The Morgan fingerprint density at radius 1 is 0.442 bits per heavy atom. The van der Waals surface area contributed by atoms with Crippen LogP contribution in [-0.2, 0) is 5.41 Å². The van der Waals surface area contributed by atoms with E-state index in [1.165, 1.54) is 11.1 Å². The van der Waals surface area contributed by atoms with Gasteiger partial charge in [-0.3, -0.25) is 0 Å². The van der Waals surface area contributed by atoms with Crippen LogP contribution in [0.3, 0.4) is 0 Å². The van der Waals surface area contributed by atoms with Gasteiger partial charge in [0.05, 0.1) is 11.4 Å². The highest BCUT2D eigenvalue weighted by Gasteiger charge is 2.39. The summed E-state index contributed by atoms with van der Waals surface area (Å²) in [5.41, 5.74) is 11.4. The molecular weight excluding hydrogens is 639 g/mol. The summed E-state index contributed by atoms with van der Waals surface area (Å²) in [6.07, 6.45) is 0. The van der Waals surface area contributed by atoms with Gasteiger partial charge in [0.15, 0.2) is 23.3 Å². The van der Waals surface area contributed by atoms with Gasteiger partial charge < -0.3 is 4.42 Å². The molecule has 1 aliphatic carbocycles. The summed E-state index contributed by atoms with van der Waals surface area (Å²) < 4.78 is 6.47. The summed E-state index contributed by atoms with van der Waals surface area (Å²) in [6.45, 7) is 4.51. The third kappa shape index (κ3) is 4.76. The van der Waals surface area contributed by atoms with Gasteiger partial charge in [-0.1, -0.05) is 141 Å². The van der Waals surface area contributed by atoms with Crippen molar-refractivity contribution in [2.75, 3.05) is 0 Å². The molecule has 0 amide bonds. The second-order valence-corrected chi connectivity index (χ2v) is 13.7. The fraction of sp³-hybridized carbons (Fsp3) is 0.0652. The lowest BCUT2D eigenvalue weighted by Gasteiger charge is -2.21. The van der Waals surface area contributed by atoms with Crippen LogP contribution in [-0.4, -0.2) is 24.9 Å². The number of furan rings is 1. The number of rotatable bonds is 5. The highest BCUT2D eigenvalue weighted by molar-refractivity contribution is 6.12. The molecule has 0 bridgehead atoms. The van der Waals surface area contributed by atoms with Crippen molar-refractivity contribution in [1.82, 2.24) is 24.9 Å². The van der Waals surface area contributed by atoms with Gasteiger partial charge in [0, 0.05) is 49.6 Å². The number of fused-ring (bicyclic) bond motifs is 6. The van der Waals surface area contributed by atoms with Crippen LogP contribution in [0.15, 0.2) is 156 Å². The summed E-state index contributed by atoms with van der Waals surface area (Å²) in [7, 11) is 0. The molecule has 0 N–H and O–H groups in total. The fourth-order valence-corrected chi connectivity index (χ4v) is 7.56. The monoisotopic (exact) mass is 669 g/mol. The van der Waals surface area contributed by atoms with E-state index in [-0.39, 0.29) is 5.41 Å². The minimum absolute atomic E-state index is 0.293. The van der Waals surface area contributed by atoms with Crippen LogP contribution in [0.1, 0.15) is 25.1 Å². The maximum absolute atomic E-state index is 6.47. The molecule has 52 heavy (non-hydrogen) atoms. The standard InChI is InChI=1S/C46H31N5O/c1-46(2)35-23-13-12-21-32(35)39-40(28-15-6-3-7-16-28)47-44(48-41(39)46)31-25-26-36-34(27-31)38-33(22-14-24-37(38)52-36)45-50-42(29-17-8-4-9-18-29)49-43(51-45)30-19-10-5-11-20-30/h3-27H,1-2H3. The molecular formula is C46H31N5O. The Morgan fingerprint density at radius 3 is 1.71 bits per heavy atom. The first kappa shape index (κ1) is 30.1. The van der Waals surface area contributed by atoms with E-state index in [1.807, 2.05) is 84.9 Å². The minimum atomic E-state index is -0.293. The molecule has 9 aromatic rings. The number of hydrogen-bond donors (Lipinski definition) is 0. The first-order valence-corrected chi connectivity index (χ1v) is 17.4. The summed E-state index contributed by atoms with van der Waals surface area (Å²) in [6, 6.07) is 51.4. The van der Waals surface area contributed by atoms with Crippen molar-refractivity contribution in [3.8, 4) is 67.9 Å². The minimum Gasteiger partial charge on any atom is -0.456 e. The van der Waals surface area contributed by atoms with Crippen molar-refractivity contribution in [3.05, 3.63) is 163 Å². The third-order valence-corrected chi connectivity index (χ3v) is 10.1. The molecule has 1 aliphatic rings. The van der Waals surface area contributed by atoms with Crippen LogP contribution < -0.4 is 0 Å². The molecule has 6 heteroatoms. The SMILES string of the molecule is CC1(C)c2ccccc2-c2c(-c3ccccc3)nc(-c3ccc4oc5cccc(-c6nc(-c7ccccc7)nc(-c7ccccc7)n6)c5c4c3)nc21. The van der Waals surface area contributed by atoms with E-state index in [4.69, 9.17) is 29.3 Å². The second kappa shape index (κ2) is 11.6. The molecule has 3 aromatic heterocycles. The normalized spacial score (nSPS) is 13.0. The maximum Gasteiger partial charge on any atom is 0.164 e. The Balaban J connectivity index is 1.19. The molecule has 0 saturated carbocycles. The largest absolute Gasteiger partial charge is 0.456 e. The van der Waals surface area contributed by atoms with E-state index in [0.717, 1.165) is 66.7 Å². The Bertz CT molecular complexity index is 2750. The average molecular weight is 670 g/mol. The van der Waals surface area contributed by atoms with E-state index in [9.17, 15) is 0 Å². The molecule has 246 valence electrons. The number of hydrogen-bond acceptors (Lipinski definition) is 6. The fourth-order valence-electron chi connectivity index (χ4n) is 7.56. The molecule has 0 unspecified atom stereocenters. The molecule has 0 saturated heterocycles. The highest BCUT2D eigenvalue weighted by Crippen LogP contribution is 2.51. The zero-order chi connectivity index (χ0) is 34.8. The van der Waals surface area contributed by atoms with Crippen LogP contribution in [0, 0.1) is 0 Å². The summed E-state index contributed by atoms with van der Waals surface area (Å²) in [4.78, 5) is 25.7. The van der Waals surface area contributed by atoms with Crippen molar-refractivity contribution in [1.29, 1.82) is 0 Å². The van der Waals surface area contributed by atoms with E-state index in [2.05, 4.69) is 80.6 Å². The quantitative estimate of drug-likeness (QED) is 0.181. The topological polar surface area (TPSA) is 77.6 Å². The third-order valence-electron chi connectivity index (χ3n) is 10.1. The van der Waals surface area contributed by atoms with Gasteiger partial charge in [-0.25, -0.2) is 24.9 Å². The zero-order valence-electron chi connectivity index (χ0n) is 28.6. The molecule has 0 fully saturated rings. The van der Waals surface area contributed by atoms with Gasteiger partial charge in [0.2, 0.25) is 0 Å². The van der Waals surface area contributed by atoms with Gasteiger partial charge >= 0.3 is 0 Å². The van der Waals surface area contributed by atoms with E-state index >= 15 is 0 Å². The van der Waals surface area contributed by atoms with E-state index < -0.39 is 0 Å². The van der Waals surface area contributed by atoms with E-state index in [1.54, 1.807) is 0 Å². The first-order chi connectivity index (χ1) is 25.5. The molecule has 6 nitrogen and oxygen atoms in total. The van der Waals surface area contributed by atoms with Crippen LogP contribution in [0.25, 0.3) is 89.9 Å². The van der Waals surface area contributed by atoms with Crippen LogP contribution in [0.2, 0.25) is 0 Å². The van der Waals surface area contributed by atoms with Gasteiger partial charge in [-0.2, -0.15) is 0 Å². The van der Waals surface area contributed by atoms with Crippen molar-refractivity contribution in [3.63, 3.8) is 0 Å².